The monoisotopic (exact) mass is 553 g/mol. The van der Waals surface area contributed by atoms with E-state index in [-0.39, 0.29) is 42.2 Å². The number of sulfone groups is 1. The molecule has 0 spiro atoms. The van der Waals surface area contributed by atoms with Crippen LogP contribution in [0.15, 0.2) is 23.2 Å². The number of hydrogen-bond donors (Lipinski definition) is 2. The van der Waals surface area contributed by atoms with Gasteiger partial charge in [-0.3, -0.25) is 9.59 Å². The van der Waals surface area contributed by atoms with E-state index in [0.29, 0.717) is 42.3 Å². The smallest absolute Gasteiger partial charge is 0.334 e. The predicted octanol–water partition coefficient (Wildman–Crippen LogP) is 1.76. The van der Waals surface area contributed by atoms with Crippen LogP contribution in [0, 0.1) is 11.7 Å². The first-order chi connectivity index (χ1) is 17.9. The Labute approximate surface area is 222 Å². The fourth-order valence-electron chi connectivity index (χ4n) is 4.20. The summed E-state index contributed by atoms with van der Waals surface area (Å²) in [5.41, 5.74) is 11.2. The van der Waals surface area contributed by atoms with Crippen LogP contribution in [0.5, 0.6) is 5.75 Å². The number of guanidine groups is 1. The lowest BCUT2D eigenvalue weighted by Gasteiger charge is -2.17. The highest BCUT2D eigenvalue weighted by molar-refractivity contribution is 7.91. The maximum absolute atomic E-state index is 14.1. The molecule has 1 heterocycles. The molecule has 3 rings (SSSR count). The highest BCUT2D eigenvalue weighted by Crippen LogP contribution is 2.31. The van der Waals surface area contributed by atoms with Crippen LogP contribution in [0.25, 0.3) is 0 Å². The molecule has 2 atom stereocenters. The number of urea groups is 1. The predicted molar refractivity (Wildman–Crippen MR) is 140 cm³/mol. The molecule has 0 aromatic heterocycles. The van der Waals surface area contributed by atoms with Crippen LogP contribution in [-0.4, -0.2) is 79.3 Å². The molecule has 2 fully saturated rings. The van der Waals surface area contributed by atoms with Crippen molar-refractivity contribution in [3.63, 3.8) is 0 Å². The molecule has 2 aliphatic rings. The number of nitrogens with two attached hydrogens (primary N) is 2. The summed E-state index contributed by atoms with van der Waals surface area (Å²) in [5.74, 6) is -2.07. The molecule has 210 valence electrons. The molecule has 1 saturated heterocycles. The van der Waals surface area contributed by atoms with E-state index in [1.807, 2.05) is 0 Å². The van der Waals surface area contributed by atoms with Crippen molar-refractivity contribution in [2.24, 2.45) is 22.4 Å². The average Bonchev–Trinajstić information content (AvgIpc) is 3.61. The fourth-order valence-corrected chi connectivity index (χ4v) is 5.96. The molecule has 1 aliphatic heterocycles. The Bertz CT molecular complexity index is 1180. The molecule has 13 heteroatoms. The van der Waals surface area contributed by atoms with Gasteiger partial charge >= 0.3 is 6.03 Å². The summed E-state index contributed by atoms with van der Waals surface area (Å²) < 4.78 is 45.0. The van der Waals surface area contributed by atoms with E-state index >= 15 is 0 Å². The number of ether oxygens (including phenoxy) is 1. The molecule has 1 aromatic carbocycles. The number of amides is 4. The van der Waals surface area contributed by atoms with Gasteiger partial charge < -0.3 is 21.1 Å². The van der Waals surface area contributed by atoms with Crippen molar-refractivity contribution in [2.45, 2.75) is 57.9 Å². The van der Waals surface area contributed by atoms with Gasteiger partial charge in [0.2, 0.25) is 0 Å². The fraction of sp³-hybridized carbons (Fsp3) is 0.600. The number of aliphatic imine (C=N–C) groups is 1. The zero-order valence-electron chi connectivity index (χ0n) is 21.8. The van der Waals surface area contributed by atoms with Gasteiger partial charge in [-0.1, -0.05) is 19.4 Å². The molecule has 11 nitrogen and oxygen atoms in total. The quantitative estimate of drug-likeness (QED) is 0.152. The Morgan fingerprint density at radius 1 is 1.18 bits per heavy atom. The summed E-state index contributed by atoms with van der Waals surface area (Å²) in [7, 11) is -3.38. The van der Waals surface area contributed by atoms with Crippen LogP contribution >= 0.6 is 0 Å². The second-order valence-electron chi connectivity index (χ2n) is 10.0. The van der Waals surface area contributed by atoms with Crippen LogP contribution < -0.4 is 16.2 Å². The minimum Gasteiger partial charge on any atom is -0.490 e. The van der Waals surface area contributed by atoms with Crippen molar-refractivity contribution in [3.05, 3.63) is 29.6 Å². The van der Waals surface area contributed by atoms with Crippen LogP contribution in [-0.2, 0) is 19.4 Å². The first-order valence-electron chi connectivity index (χ1n) is 12.7. The third-order valence-corrected chi connectivity index (χ3v) is 8.46. The number of carbonyl (C=O) groups is 3. The molecular formula is C25H36FN5O6S. The third kappa shape index (κ3) is 8.14. The van der Waals surface area contributed by atoms with Gasteiger partial charge in [-0.2, -0.15) is 4.90 Å². The van der Waals surface area contributed by atoms with Crippen molar-refractivity contribution < 1.29 is 31.9 Å². The number of benzene rings is 1. The van der Waals surface area contributed by atoms with Crippen molar-refractivity contribution in [1.82, 2.24) is 9.80 Å². The zero-order chi connectivity index (χ0) is 28.0. The molecule has 1 aromatic rings. The minimum atomic E-state index is -3.38. The first kappa shape index (κ1) is 29.3. The maximum Gasteiger partial charge on any atom is 0.334 e. The number of hydrogen-bond acceptors (Lipinski definition) is 7. The topological polar surface area (TPSA) is 165 Å². The number of imide groups is 3. The van der Waals surface area contributed by atoms with E-state index in [1.165, 1.54) is 17.9 Å². The Hall–Kier alpha value is -3.22. The second kappa shape index (κ2) is 12.5. The number of unbranched alkanes of at least 4 members (excludes halogenated alkanes) is 2. The van der Waals surface area contributed by atoms with Gasteiger partial charge in [-0.15, -0.1) is 0 Å². The van der Waals surface area contributed by atoms with Gasteiger partial charge in [0.05, 0.1) is 18.1 Å². The third-order valence-electron chi connectivity index (χ3n) is 6.54. The standard InChI is InChI=1S/C25H36FN5O6S/c1-16(19-8-9-20(26)21(12-19)37-14-18-6-7-18)15-38(35,36)11-5-3-4-10-30-13-22(32)31(25(30)34)23(33)17(2)29-24(27)28/h8-9,12,16-18H,3-7,10-11,13-15H2,1-2H3,(H4,27,28,29)/t16-,17+/m0/s1. The van der Waals surface area contributed by atoms with E-state index in [2.05, 4.69) is 4.99 Å². The number of carbonyl (C=O) groups excluding carboxylic acids is 3. The second-order valence-corrected chi connectivity index (χ2v) is 12.3. The summed E-state index contributed by atoms with van der Waals surface area (Å²) in [4.78, 5) is 42.5. The Morgan fingerprint density at radius 3 is 2.55 bits per heavy atom. The molecule has 0 bridgehead atoms. The van der Waals surface area contributed by atoms with Gasteiger partial charge in [0.25, 0.3) is 11.8 Å². The van der Waals surface area contributed by atoms with Crippen LogP contribution in [0.1, 0.15) is 57.4 Å². The molecule has 0 radical (unpaired) electrons. The van der Waals surface area contributed by atoms with Gasteiger partial charge in [0, 0.05) is 6.54 Å². The minimum absolute atomic E-state index is 0.0307. The lowest BCUT2D eigenvalue weighted by atomic mass is 10.0. The number of rotatable bonds is 14. The zero-order valence-corrected chi connectivity index (χ0v) is 22.6. The van der Waals surface area contributed by atoms with Crippen LogP contribution in [0.2, 0.25) is 0 Å². The first-order valence-corrected chi connectivity index (χ1v) is 14.6. The summed E-state index contributed by atoms with van der Waals surface area (Å²) in [6.07, 6.45) is 3.53. The van der Waals surface area contributed by atoms with Crippen molar-refractivity contribution in [2.75, 3.05) is 31.2 Å². The Balaban J connectivity index is 1.42. The SMILES string of the molecule is C[C@@H](N=C(N)N)C(=O)N1C(=O)CN(CCCCCS(=O)(=O)C[C@H](C)c2ccc(F)c(OCC3CC3)c2)C1=O. The highest BCUT2D eigenvalue weighted by Gasteiger charge is 2.41. The van der Waals surface area contributed by atoms with Gasteiger partial charge in [-0.05, 0) is 62.1 Å². The normalized spacial score (nSPS) is 17.4. The average molecular weight is 554 g/mol. The largest absolute Gasteiger partial charge is 0.490 e. The molecule has 38 heavy (non-hydrogen) atoms. The lowest BCUT2D eigenvalue weighted by Crippen LogP contribution is -2.43. The summed E-state index contributed by atoms with van der Waals surface area (Å²) in [5, 5.41) is 0. The Kier molecular flexibility index (Phi) is 9.69. The van der Waals surface area contributed by atoms with E-state index in [9.17, 15) is 27.2 Å². The van der Waals surface area contributed by atoms with Gasteiger partial charge in [0.1, 0.15) is 12.6 Å². The van der Waals surface area contributed by atoms with Crippen molar-refractivity contribution in [1.29, 1.82) is 0 Å². The maximum atomic E-state index is 14.1. The number of nitrogens with zero attached hydrogens (tertiary/aromatic N) is 3. The summed E-state index contributed by atoms with van der Waals surface area (Å²) >= 11 is 0. The summed E-state index contributed by atoms with van der Waals surface area (Å²) in [6.45, 7) is 3.60. The lowest BCUT2D eigenvalue weighted by molar-refractivity contribution is -0.138. The van der Waals surface area contributed by atoms with Crippen molar-refractivity contribution in [3.8, 4) is 5.75 Å². The van der Waals surface area contributed by atoms with E-state index in [1.54, 1.807) is 19.1 Å². The molecule has 0 unspecified atom stereocenters. The molecule has 1 saturated carbocycles. The van der Waals surface area contributed by atoms with E-state index in [4.69, 9.17) is 16.2 Å². The van der Waals surface area contributed by atoms with Gasteiger partial charge in [-0.25, -0.2) is 22.6 Å². The van der Waals surface area contributed by atoms with Crippen LogP contribution in [0.4, 0.5) is 9.18 Å². The van der Waals surface area contributed by atoms with Crippen molar-refractivity contribution >= 4 is 33.6 Å². The van der Waals surface area contributed by atoms with E-state index in [0.717, 1.165) is 12.8 Å². The molecule has 4 N–H and O–H groups in total. The highest BCUT2D eigenvalue weighted by atomic mass is 32.2. The molecular weight excluding hydrogens is 517 g/mol. The Morgan fingerprint density at radius 2 is 1.89 bits per heavy atom. The van der Waals surface area contributed by atoms with Gasteiger partial charge in [0.15, 0.2) is 27.4 Å². The van der Waals surface area contributed by atoms with Crippen LogP contribution in [0.3, 0.4) is 0 Å². The van der Waals surface area contributed by atoms with E-state index < -0.39 is 39.5 Å². The molecule has 1 aliphatic carbocycles. The summed E-state index contributed by atoms with van der Waals surface area (Å²) in [6, 6.07) is 2.66. The molecule has 4 amide bonds. The number of halogens is 1.